The van der Waals surface area contributed by atoms with Gasteiger partial charge in [0.25, 0.3) is 5.91 Å². The number of carbonyl (C=O) groups is 2. The predicted octanol–water partition coefficient (Wildman–Crippen LogP) is 0.645. The van der Waals surface area contributed by atoms with E-state index in [1.54, 1.807) is 31.2 Å². The number of amides is 1. The molecule has 0 spiro atoms. The quantitative estimate of drug-likeness (QED) is 0.807. The number of aromatic nitrogens is 4. The van der Waals surface area contributed by atoms with Gasteiger partial charge in [0.05, 0.1) is 5.69 Å². The lowest BCUT2D eigenvalue weighted by molar-refractivity contribution is -0.137. The van der Waals surface area contributed by atoms with Crippen molar-refractivity contribution < 1.29 is 14.7 Å². The second-order valence-corrected chi connectivity index (χ2v) is 4.61. The zero-order valence-electron chi connectivity index (χ0n) is 11.4. The molecule has 0 saturated carbocycles. The molecule has 21 heavy (non-hydrogen) atoms. The van der Waals surface area contributed by atoms with Gasteiger partial charge in [-0.2, -0.15) is 0 Å². The molecule has 0 radical (unpaired) electrons. The van der Waals surface area contributed by atoms with Crippen LogP contribution in [0.4, 0.5) is 0 Å². The van der Waals surface area contributed by atoms with Gasteiger partial charge >= 0.3 is 5.97 Å². The van der Waals surface area contributed by atoms with Crippen LogP contribution in [0.3, 0.4) is 0 Å². The molecule has 1 aromatic heterocycles. The number of tetrazole rings is 1. The van der Waals surface area contributed by atoms with Crippen molar-refractivity contribution >= 4 is 11.9 Å². The van der Waals surface area contributed by atoms with Gasteiger partial charge in [0.2, 0.25) is 0 Å². The lowest BCUT2D eigenvalue weighted by Gasteiger charge is -2.12. The average molecular weight is 289 g/mol. The third-order valence-electron chi connectivity index (χ3n) is 2.91. The Balaban J connectivity index is 1.95. The summed E-state index contributed by atoms with van der Waals surface area (Å²) in [6.45, 7) is 1.77. The van der Waals surface area contributed by atoms with E-state index < -0.39 is 5.97 Å². The van der Waals surface area contributed by atoms with Gasteiger partial charge in [0.1, 0.15) is 6.33 Å². The zero-order valence-corrected chi connectivity index (χ0v) is 11.4. The maximum atomic E-state index is 12.0. The van der Waals surface area contributed by atoms with Crippen LogP contribution in [0.15, 0.2) is 30.6 Å². The van der Waals surface area contributed by atoms with Crippen LogP contribution >= 0.6 is 0 Å². The zero-order chi connectivity index (χ0) is 15.2. The summed E-state index contributed by atoms with van der Waals surface area (Å²) in [6.07, 6.45) is 1.88. The normalized spacial score (nSPS) is 11.9. The summed E-state index contributed by atoms with van der Waals surface area (Å²) in [5.41, 5.74) is 1.24. The Morgan fingerprint density at radius 3 is 2.62 bits per heavy atom. The second-order valence-electron chi connectivity index (χ2n) is 4.61. The molecule has 8 nitrogen and oxygen atoms in total. The SMILES string of the molecule is CC(CCC(=O)O)NC(=O)c1ccc(-n2cnnn2)cc1. The number of hydrogen-bond donors (Lipinski definition) is 2. The summed E-state index contributed by atoms with van der Waals surface area (Å²) in [6, 6.07) is 6.58. The summed E-state index contributed by atoms with van der Waals surface area (Å²) in [4.78, 5) is 22.5. The molecule has 0 saturated heterocycles. The molecule has 0 fully saturated rings. The minimum Gasteiger partial charge on any atom is -0.481 e. The van der Waals surface area contributed by atoms with Crippen molar-refractivity contribution in [2.75, 3.05) is 0 Å². The van der Waals surface area contributed by atoms with Gasteiger partial charge in [-0.05, 0) is 48.0 Å². The molecule has 0 aliphatic rings. The molecular weight excluding hydrogens is 274 g/mol. The van der Waals surface area contributed by atoms with E-state index in [0.717, 1.165) is 5.69 Å². The van der Waals surface area contributed by atoms with Gasteiger partial charge in [-0.3, -0.25) is 9.59 Å². The Bertz CT molecular complexity index is 609. The smallest absolute Gasteiger partial charge is 0.303 e. The number of benzene rings is 1. The van der Waals surface area contributed by atoms with Crippen molar-refractivity contribution in [2.24, 2.45) is 0 Å². The standard InChI is InChI=1S/C13H15N5O3/c1-9(2-7-12(19)20)15-13(21)10-3-5-11(6-4-10)18-8-14-16-17-18/h3-6,8-9H,2,7H2,1H3,(H,15,21)(H,19,20). The third kappa shape index (κ3) is 4.10. The van der Waals surface area contributed by atoms with Crippen molar-refractivity contribution in [3.05, 3.63) is 36.2 Å². The largest absolute Gasteiger partial charge is 0.481 e. The molecule has 8 heteroatoms. The van der Waals surface area contributed by atoms with Gasteiger partial charge in [-0.15, -0.1) is 5.10 Å². The van der Waals surface area contributed by atoms with E-state index in [4.69, 9.17) is 5.11 Å². The van der Waals surface area contributed by atoms with Crippen LogP contribution in [-0.2, 0) is 4.79 Å². The fourth-order valence-corrected chi connectivity index (χ4v) is 1.76. The highest BCUT2D eigenvalue weighted by molar-refractivity contribution is 5.94. The highest BCUT2D eigenvalue weighted by Crippen LogP contribution is 2.08. The lowest BCUT2D eigenvalue weighted by Crippen LogP contribution is -2.32. The molecule has 1 amide bonds. The number of hydrogen-bond acceptors (Lipinski definition) is 5. The maximum absolute atomic E-state index is 12.0. The molecule has 2 N–H and O–H groups in total. The Morgan fingerprint density at radius 1 is 1.33 bits per heavy atom. The van der Waals surface area contributed by atoms with Crippen LogP contribution in [0.5, 0.6) is 0 Å². The van der Waals surface area contributed by atoms with Gasteiger partial charge < -0.3 is 10.4 Å². The predicted molar refractivity (Wildman–Crippen MR) is 73.0 cm³/mol. The number of aliphatic carboxylic acids is 1. The fraction of sp³-hybridized carbons (Fsp3) is 0.308. The number of carboxylic acid groups (broad SMARTS) is 1. The maximum Gasteiger partial charge on any atom is 0.303 e. The number of carbonyl (C=O) groups excluding carboxylic acids is 1. The second kappa shape index (κ2) is 6.60. The first kappa shape index (κ1) is 14.6. The molecular formula is C13H15N5O3. The van der Waals surface area contributed by atoms with Crippen LogP contribution in [0.25, 0.3) is 5.69 Å². The molecule has 0 aliphatic carbocycles. The molecule has 110 valence electrons. The van der Waals surface area contributed by atoms with Gasteiger partial charge in [-0.1, -0.05) is 0 Å². The summed E-state index contributed by atoms with van der Waals surface area (Å²) in [7, 11) is 0. The first-order chi connectivity index (χ1) is 10.1. The van der Waals surface area contributed by atoms with Crippen LogP contribution in [-0.4, -0.2) is 43.2 Å². The van der Waals surface area contributed by atoms with E-state index in [0.29, 0.717) is 12.0 Å². The number of nitrogens with one attached hydrogen (secondary N) is 1. The van der Waals surface area contributed by atoms with Crippen molar-refractivity contribution in [1.82, 2.24) is 25.5 Å². The Morgan fingerprint density at radius 2 is 2.05 bits per heavy atom. The average Bonchev–Trinajstić information content (AvgIpc) is 2.99. The highest BCUT2D eigenvalue weighted by atomic mass is 16.4. The molecule has 0 bridgehead atoms. The molecule has 1 heterocycles. The molecule has 1 atom stereocenters. The third-order valence-corrected chi connectivity index (χ3v) is 2.91. The van der Waals surface area contributed by atoms with Crippen LogP contribution in [0.2, 0.25) is 0 Å². The minimum atomic E-state index is -0.873. The van der Waals surface area contributed by atoms with Gasteiger partial charge in [0, 0.05) is 18.0 Å². The summed E-state index contributed by atoms with van der Waals surface area (Å²) in [5, 5.41) is 22.2. The Kier molecular flexibility index (Phi) is 4.60. The van der Waals surface area contributed by atoms with Crippen molar-refractivity contribution in [1.29, 1.82) is 0 Å². The van der Waals surface area contributed by atoms with Crippen LogP contribution in [0, 0.1) is 0 Å². The van der Waals surface area contributed by atoms with Gasteiger partial charge in [0.15, 0.2) is 0 Å². The van der Waals surface area contributed by atoms with Crippen molar-refractivity contribution in [2.45, 2.75) is 25.8 Å². The van der Waals surface area contributed by atoms with E-state index >= 15 is 0 Å². The minimum absolute atomic E-state index is 0.0275. The van der Waals surface area contributed by atoms with Gasteiger partial charge in [-0.25, -0.2) is 4.68 Å². The number of nitrogens with zero attached hydrogens (tertiary/aromatic N) is 4. The summed E-state index contributed by atoms with van der Waals surface area (Å²) < 4.78 is 1.48. The molecule has 1 unspecified atom stereocenters. The van der Waals surface area contributed by atoms with E-state index in [-0.39, 0.29) is 18.4 Å². The highest BCUT2D eigenvalue weighted by Gasteiger charge is 2.11. The molecule has 0 aliphatic heterocycles. The number of carboxylic acids is 1. The summed E-state index contributed by atoms with van der Waals surface area (Å²) in [5.74, 6) is -1.11. The Hall–Kier alpha value is -2.77. The van der Waals surface area contributed by atoms with Crippen molar-refractivity contribution in [3.8, 4) is 5.69 Å². The lowest BCUT2D eigenvalue weighted by atomic mass is 10.1. The monoisotopic (exact) mass is 289 g/mol. The summed E-state index contributed by atoms with van der Waals surface area (Å²) >= 11 is 0. The molecule has 1 aromatic carbocycles. The first-order valence-corrected chi connectivity index (χ1v) is 6.42. The van der Waals surface area contributed by atoms with E-state index in [1.807, 2.05) is 0 Å². The first-order valence-electron chi connectivity index (χ1n) is 6.42. The fourth-order valence-electron chi connectivity index (χ4n) is 1.76. The van der Waals surface area contributed by atoms with E-state index in [9.17, 15) is 9.59 Å². The number of rotatable bonds is 6. The Labute approximate surface area is 120 Å². The molecule has 2 aromatic rings. The molecule has 2 rings (SSSR count). The van der Waals surface area contributed by atoms with E-state index in [1.165, 1.54) is 11.0 Å². The van der Waals surface area contributed by atoms with Crippen LogP contribution < -0.4 is 5.32 Å². The topological polar surface area (TPSA) is 110 Å². The van der Waals surface area contributed by atoms with Crippen LogP contribution in [0.1, 0.15) is 30.1 Å². The van der Waals surface area contributed by atoms with Crippen molar-refractivity contribution in [3.63, 3.8) is 0 Å². The van der Waals surface area contributed by atoms with E-state index in [2.05, 4.69) is 20.8 Å².